The Morgan fingerprint density at radius 2 is 2.14 bits per heavy atom. The highest BCUT2D eigenvalue weighted by Crippen LogP contribution is 2.18. The minimum Gasteiger partial charge on any atom is -0.352 e. The van der Waals surface area contributed by atoms with Crippen LogP contribution in [-0.2, 0) is 17.8 Å². The lowest BCUT2D eigenvalue weighted by atomic mass is 10.2. The third-order valence-electron chi connectivity index (χ3n) is 3.25. The summed E-state index contributed by atoms with van der Waals surface area (Å²) in [5, 5.41) is 2.88. The molecule has 0 fully saturated rings. The van der Waals surface area contributed by atoms with Crippen molar-refractivity contribution in [1.29, 1.82) is 0 Å². The molecule has 0 saturated heterocycles. The Morgan fingerprint density at radius 1 is 1.38 bits per heavy atom. The number of imidazole rings is 1. The minimum absolute atomic E-state index is 0.0518. The van der Waals surface area contributed by atoms with E-state index in [-0.39, 0.29) is 5.91 Å². The monoisotopic (exact) mass is 285 g/mol. The molecule has 0 aliphatic carbocycles. The van der Waals surface area contributed by atoms with Crippen molar-refractivity contribution in [2.24, 2.45) is 5.92 Å². The molecular formula is C17H23N3O. The number of hydrogen-bond donors (Lipinski definition) is 1. The van der Waals surface area contributed by atoms with Gasteiger partial charge in [-0.05, 0) is 31.1 Å². The van der Waals surface area contributed by atoms with Gasteiger partial charge in [-0.1, -0.05) is 32.1 Å². The molecule has 4 heteroatoms. The maximum atomic E-state index is 11.4. The first kappa shape index (κ1) is 15.3. The van der Waals surface area contributed by atoms with Crippen LogP contribution >= 0.6 is 0 Å². The van der Waals surface area contributed by atoms with Gasteiger partial charge < -0.3 is 9.88 Å². The average molecular weight is 285 g/mol. The van der Waals surface area contributed by atoms with E-state index in [1.165, 1.54) is 11.6 Å². The Labute approximate surface area is 125 Å². The number of nitrogens with zero attached hydrogens (tertiary/aromatic N) is 2. The maximum Gasteiger partial charge on any atom is 0.243 e. The number of carbonyl (C=O) groups is 1. The predicted octanol–water partition coefficient (Wildman–Crippen LogP) is 2.93. The van der Waals surface area contributed by atoms with Gasteiger partial charge in [0.1, 0.15) is 5.82 Å². The molecule has 0 aliphatic heterocycles. The number of amides is 1. The summed E-state index contributed by atoms with van der Waals surface area (Å²) >= 11 is 0. The number of carbonyl (C=O) groups excluding carboxylic acids is 1. The van der Waals surface area contributed by atoms with Gasteiger partial charge in [-0.3, -0.25) is 4.79 Å². The number of nitrogens with one attached hydrogen (secondary N) is 1. The molecule has 1 aromatic heterocycles. The molecular weight excluding hydrogens is 262 g/mol. The van der Waals surface area contributed by atoms with E-state index in [1.807, 2.05) is 25.1 Å². The van der Waals surface area contributed by atoms with Crippen LogP contribution in [0.4, 0.5) is 0 Å². The Morgan fingerprint density at radius 3 is 2.86 bits per heavy atom. The molecule has 0 bridgehead atoms. The van der Waals surface area contributed by atoms with E-state index in [2.05, 4.69) is 29.8 Å². The van der Waals surface area contributed by atoms with Crippen LogP contribution in [0, 0.1) is 5.92 Å². The van der Waals surface area contributed by atoms with Crippen molar-refractivity contribution in [3.63, 3.8) is 0 Å². The highest BCUT2D eigenvalue weighted by atomic mass is 16.1. The van der Waals surface area contributed by atoms with E-state index in [0.717, 1.165) is 24.3 Å². The normalized spacial score (nSPS) is 11.6. The first-order chi connectivity index (χ1) is 10.1. The molecule has 21 heavy (non-hydrogen) atoms. The van der Waals surface area contributed by atoms with Crippen LogP contribution in [0.2, 0.25) is 0 Å². The summed E-state index contributed by atoms with van der Waals surface area (Å²) < 4.78 is 2.27. The lowest BCUT2D eigenvalue weighted by molar-refractivity contribution is -0.116. The van der Waals surface area contributed by atoms with E-state index in [0.29, 0.717) is 12.5 Å². The zero-order chi connectivity index (χ0) is 15.2. The molecule has 2 aromatic rings. The van der Waals surface area contributed by atoms with E-state index < -0.39 is 0 Å². The number of fused-ring (bicyclic) bond motifs is 1. The molecule has 0 spiro atoms. The highest BCUT2D eigenvalue weighted by Gasteiger charge is 2.11. The Balaban J connectivity index is 2.16. The third kappa shape index (κ3) is 3.94. The fourth-order valence-corrected chi connectivity index (χ4v) is 2.39. The molecule has 0 radical (unpaired) electrons. The van der Waals surface area contributed by atoms with Crippen molar-refractivity contribution in [3.8, 4) is 0 Å². The largest absolute Gasteiger partial charge is 0.352 e. The van der Waals surface area contributed by atoms with Crippen LogP contribution in [0.25, 0.3) is 11.0 Å². The van der Waals surface area contributed by atoms with Gasteiger partial charge in [0.05, 0.1) is 11.0 Å². The first-order valence-electron chi connectivity index (χ1n) is 7.46. The van der Waals surface area contributed by atoms with E-state index in [9.17, 15) is 4.79 Å². The van der Waals surface area contributed by atoms with Crippen molar-refractivity contribution < 1.29 is 4.79 Å². The minimum atomic E-state index is -0.0518. The zero-order valence-electron chi connectivity index (χ0n) is 13.0. The summed E-state index contributed by atoms with van der Waals surface area (Å²) in [7, 11) is 0. The van der Waals surface area contributed by atoms with Gasteiger partial charge in [0.25, 0.3) is 0 Å². The van der Waals surface area contributed by atoms with Crippen LogP contribution in [0.5, 0.6) is 0 Å². The summed E-state index contributed by atoms with van der Waals surface area (Å²) in [5.41, 5.74) is 2.19. The molecule has 1 N–H and O–H groups in total. The number of aromatic nitrogens is 2. The second kappa shape index (κ2) is 7.07. The molecule has 0 saturated carbocycles. The molecule has 1 aromatic carbocycles. The molecule has 4 nitrogen and oxygen atoms in total. The fourth-order valence-electron chi connectivity index (χ4n) is 2.39. The summed E-state index contributed by atoms with van der Waals surface area (Å²) in [6.45, 7) is 7.78. The van der Waals surface area contributed by atoms with Crippen LogP contribution in [-0.4, -0.2) is 22.0 Å². The maximum absolute atomic E-state index is 11.4. The molecule has 2 rings (SSSR count). The number of rotatable bonds is 6. The molecule has 1 heterocycles. The van der Waals surface area contributed by atoms with Crippen molar-refractivity contribution in [2.75, 3.05) is 6.54 Å². The zero-order valence-corrected chi connectivity index (χ0v) is 13.0. The Bertz CT molecular complexity index is 641. The van der Waals surface area contributed by atoms with Crippen LogP contribution in [0.1, 0.15) is 26.6 Å². The standard InChI is InChI=1S/C17H23N3O/c1-4-7-17(21)18-11-10-16-19-14-8-5-6-9-15(14)20(16)12-13(2)3/h4-9,13H,10-12H2,1-3H3,(H,18,21)/b7-4+. The number of para-hydroxylation sites is 2. The quantitative estimate of drug-likeness (QED) is 0.830. The van der Waals surface area contributed by atoms with Gasteiger partial charge in [0, 0.05) is 19.5 Å². The molecule has 0 aliphatic rings. The van der Waals surface area contributed by atoms with Gasteiger partial charge >= 0.3 is 0 Å². The highest BCUT2D eigenvalue weighted by molar-refractivity contribution is 5.87. The molecule has 112 valence electrons. The predicted molar refractivity (Wildman–Crippen MR) is 86.1 cm³/mol. The van der Waals surface area contributed by atoms with Gasteiger partial charge in [-0.25, -0.2) is 4.98 Å². The number of benzene rings is 1. The van der Waals surface area contributed by atoms with Crippen molar-refractivity contribution in [2.45, 2.75) is 33.7 Å². The lowest BCUT2D eigenvalue weighted by Crippen LogP contribution is -2.24. The summed E-state index contributed by atoms with van der Waals surface area (Å²) in [6.07, 6.45) is 4.02. The topological polar surface area (TPSA) is 46.9 Å². The molecule has 0 atom stereocenters. The van der Waals surface area contributed by atoms with E-state index in [1.54, 1.807) is 6.08 Å². The van der Waals surface area contributed by atoms with Crippen molar-refractivity contribution in [3.05, 3.63) is 42.2 Å². The molecule has 1 amide bonds. The average Bonchev–Trinajstić information content (AvgIpc) is 2.77. The van der Waals surface area contributed by atoms with Crippen molar-refractivity contribution >= 4 is 16.9 Å². The third-order valence-corrected chi connectivity index (χ3v) is 3.25. The lowest BCUT2D eigenvalue weighted by Gasteiger charge is -2.11. The summed E-state index contributed by atoms with van der Waals surface area (Å²) in [5.74, 6) is 1.54. The Kier molecular flexibility index (Phi) is 5.14. The molecule has 0 unspecified atom stereocenters. The van der Waals surface area contributed by atoms with Crippen LogP contribution in [0.15, 0.2) is 36.4 Å². The smallest absolute Gasteiger partial charge is 0.243 e. The summed E-state index contributed by atoms with van der Waals surface area (Å²) in [4.78, 5) is 16.1. The van der Waals surface area contributed by atoms with E-state index >= 15 is 0 Å². The first-order valence-corrected chi connectivity index (χ1v) is 7.46. The fraction of sp³-hybridized carbons (Fsp3) is 0.412. The number of hydrogen-bond acceptors (Lipinski definition) is 2. The van der Waals surface area contributed by atoms with Crippen LogP contribution in [0.3, 0.4) is 0 Å². The van der Waals surface area contributed by atoms with Gasteiger partial charge in [-0.15, -0.1) is 0 Å². The summed E-state index contributed by atoms with van der Waals surface area (Å²) in [6, 6.07) is 8.19. The van der Waals surface area contributed by atoms with Gasteiger partial charge in [0.15, 0.2) is 0 Å². The van der Waals surface area contributed by atoms with Gasteiger partial charge in [-0.2, -0.15) is 0 Å². The van der Waals surface area contributed by atoms with Crippen LogP contribution < -0.4 is 5.32 Å². The SMILES string of the molecule is C/C=C/C(=O)NCCc1nc2ccccc2n1CC(C)C. The van der Waals surface area contributed by atoms with E-state index in [4.69, 9.17) is 4.98 Å². The Hall–Kier alpha value is -2.10. The van der Waals surface area contributed by atoms with Crippen molar-refractivity contribution in [1.82, 2.24) is 14.9 Å². The second-order valence-corrected chi connectivity index (χ2v) is 5.56. The number of allylic oxidation sites excluding steroid dienone is 1. The second-order valence-electron chi connectivity index (χ2n) is 5.56. The van der Waals surface area contributed by atoms with Gasteiger partial charge in [0.2, 0.25) is 5.91 Å².